The highest BCUT2D eigenvalue weighted by atomic mass is 16.5. The van der Waals surface area contributed by atoms with Crippen molar-refractivity contribution in [1.82, 2.24) is 14.0 Å². The summed E-state index contributed by atoms with van der Waals surface area (Å²) in [7, 11) is 2.53. The van der Waals surface area contributed by atoms with E-state index >= 15 is 0 Å². The van der Waals surface area contributed by atoms with Crippen LogP contribution in [-0.2, 0) is 28.4 Å². The summed E-state index contributed by atoms with van der Waals surface area (Å²) in [6, 6.07) is 0. The number of nitrogens with zero attached hydrogens (tertiary/aromatic N) is 3. The molecule has 1 aromatic rings. The molecule has 10 nitrogen and oxygen atoms in total. The molecule has 24 heavy (non-hydrogen) atoms. The Balaban J connectivity index is 2.08. The van der Waals surface area contributed by atoms with Crippen LogP contribution in [0.2, 0.25) is 0 Å². The molecule has 1 aliphatic rings. The maximum absolute atomic E-state index is 12.1. The Labute approximate surface area is 136 Å². The van der Waals surface area contributed by atoms with Gasteiger partial charge in [0.2, 0.25) is 11.7 Å². The predicted octanol–water partition coefficient (Wildman–Crippen LogP) is -1.99. The molecule has 1 amide bonds. The zero-order valence-electron chi connectivity index (χ0n) is 13.4. The van der Waals surface area contributed by atoms with Crippen molar-refractivity contribution in [2.45, 2.75) is 12.8 Å². The van der Waals surface area contributed by atoms with E-state index in [1.54, 1.807) is 0 Å². The molecular weight excluding hydrogens is 320 g/mol. The molecule has 0 bridgehead atoms. The average Bonchev–Trinajstić information content (AvgIpc) is 2.94. The second-order valence-electron chi connectivity index (χ2n) is 5.47. The molecule has 0 unspecified atom stereocenters. The minimum Gasteiger partial charge on any atom is -0.456 e. The van der Waals surface area contributed by atoms with Crippen LogP contribution in [0.3, 0.4) is 0 Å². The number of esters is 1. The summed E-state index contributed by atoms with van der Waals surface area (Å²) in [4.78, 5) is 60.3. The number of ketones is 1. The lowest BCUT2D eigenvalue weighted by molar-refractivity contribution is -0.147. The van der Waals surface area contributed by atoms with Gasteiger partial charge in [-0.1, -0.05) is 0 Å². The Bertz CT molecular complexity index is 822. The van der Waals surface area contributed by atoms with E-state index in [0.717, 1.165) is 9.13 Å². The first-order chi connectivity index (χ1) is 11.2. The topological polar surface area (TPSA) is 134 Å². The minimum absolute atomic E-state index is 0.144. The number of likely N-dealkylation sites (tertiary alicyclic amines) is 1. The van der Waals surface area contributed by atoms with Gasteiger partial charge in [-0.2, -0.15) is 0 Å². The van der Waals surface area contributed by atoms with Gasteiger partial charge in [-0.3, -0.25) is 28.3 Å². The average molecular weight is 338 g/mol. The van der Waals surface area contributed by atoms with Crippen LogP contribution in [0.5, 0.6) is 0 Å². The van der Waals surface area contributed by atoms with E-state index in [0.29, 0.717) is 19.4 Å². The fraction of sp³-hybridized carbons (Fsp3) is 0.500. The minimum atomic E-state index is -0.855. The molecule has 10 heteroatoms. The van der Waals surface area contributed by atoms with Crippen molar-refractivity contribution >= 4 is 23.5 Å². The van der Waals surface area contributed by atoms with Gasteiger partial charge in [-0.25, -0.2) is 4.79 Å². The first-order valence-corrected chi connectivity index (χ1v) is 7.26. The van der Waals surface area contributed by atoms with Gasteiger partial charge in [-0.05, 0) is 6.42 Å². The molecule has 1 fully saturated rings. The summed E-state index contributed by atoms with van der Waals surface area (Å²) in [6.07, 6.45) is 1.06. The molecular formula is C14H18N4O6. The van der Waals surface area contributed by atoms with E-state index in [1.165, 1.54) is 19.0 Å². The summed E-state index contributed by atoms with van der Waals surface area (Å²) >= 11 is 0. The van der Waals surface area contributed by atoms with Crippen LogP contribution in [0, 0.1) is 0 Å². The highest BCUT2D eigenvalue weighted by Gasteiger charge is 2.25. The number of anilines is 1. The summed E-state index contributed by atoms with van der Waals surface area (Å²) in [6.45, 7) is -0.471. The fourth-order valence-electron chi connectivity index (χ4n) is 2.41. The van der Waals surface area contributed by atoms with Crippen molar-refractivity contribution in [2.24, 2.45) is 14.1 Å². The fourth-order valence-corrected chi connectivity index (χ4v) is 2.41. The number of aromatic nitrogens is 2. The van der Waals surface area contributed by atoms with Crippen molar-refractivity contribution in [2.75, 3.05) is 25.4 Å². The molecule has 0 atom stereocenters. The third-order valence-corrected chi connectivity index (χ3v) is 3.84. The molecule has 2 rings (SSSR count). The molecule has 0 aromatic carbocycles. The van der Waals surface area contributed by atoms with E-state index < -0.39 is 35.2 Å². The molecule has 130 valence electrons. The van der Waals surface area contributed by atoms with Gasteiger partial charge in [0.15, 0.2) is 6.61 Å². The first kappa shape index (κ1) is 17.4. The number of ether oxygens (including phenoxy) is 1. The van der Waals surface area contributed by atoms with Gasteiger partial charge in [0.25, 0.3) is 5.56 Å². The molecule has 1 aliphatic heterocycles. The van der Waals surface area contributed by atoms with Crippen LogP contribution in [0.15, 0.2) is 9.59 Å². The molecule has 1 aromatic heterocycles. The highest BCUT2D eigenvalue weighted by molar-refractivity contribution is 6.01. The van der Waals surface area contributed by atoms with Crippen LogP contribution in [-0.4, -0.2) is 51.4 Å². The third kappa shape index (κ3) is 3.21. The van der Waals surface area contributed by atoms with Crippen molar-refractivity contribution in [1.29, 1.82) is 0 Å². The number of nitrogen functional groups attached to an aromatic ring is 1. The Morgan fingerprint density at radius 1 is 1.17 bits per heavy atom. The van der Waals surface area contributed by atoms with Gasteiger partial charge < -0.3 is 15.4 Å². The van der Waals surface area contributed by atoms with Crippen LogP contribution < -0.4 is 17.0 Å². The van der Waals surface area contributed by atoms with Crippen LogP contribution >= 0.6 is 0 Å². The second kappa shape index (κ2) is 6.69. The van der Waals surface area contributed by atoms with Crippen molar-refractivity contribution < 1.29 is 19.1 Å². The molecule has 0 spiro atoms. The van der Waals surface area contributed by atoms with Crippen molar-refractivity contribution in [3.05, 3.63) is 26.4 Å². The quantitative estimate of drug-likeness (QED) is 0.485. The second-order valence-corrected chi connectivity index (χ2v) is 5.47. The largest absolute Gasteiger partial charge is 0.456 e. The van der Waals surface area contributed by atoms with Crippen LogP contribution in [0.1, 0.15) is 23.2 Å². The summed E-state index contributed by atoms with van der Waals surface area (Å²) < 4.78 is 6.52. The lowest BCUT2D eigenvalue weighted by Crippen LogP contribution is -2.42. The molecule has 0 aliphatic carbocycles. The van der Waals surface area contributed by atoms with Gasteiger partial charge >= 0.3 is 11.7 Å². The molecule has 1 saturated heterocycles. The summed E-state index contributed by atoms with van der Waals surface area (Å²) in [5, 5.41) is 0. The van der Waals surface area contributed by atoms with Crippen molar-refractivity contribution in [3.63, 3.8) is 0 Å². The Morgan fingerprint density at radius 2 is 1.83 bits per heavy atom. The maximum atomic E-state index is 12.1. The van der Waals surface area contributed by atoms with Crippen molar-refractivity contribution in [3.8, 4) is 0 Å². The number of carbonyl (C=O) groups excluding carboxylic acids is 3. The van der Waals surface area contributed by atoms with E-state index in [-0.39, 0.29) is 18.3 Å². The molecule has 2 N–H and O–H groups in total. The number of hydrogen-bond acceptors (Lipinski definition) is 7. The zero-order valence-corrected chi connectivity index (χ0v) is 13.4. The Kier molecular flexibility index (Phi) is 4.86. The highest BCUT2D eigenvalue weighted by Crippen LogP contribution is 2.09. The number of hydrogen-bond donors (Lipinski definition) is 1. The third-order valence-electron chi connectivity index (χ3n) is 3.84. The molecule has 0 radical (unpaired) electrons. The SMILES string of the molecule is Cn1c(N)c(C(=O)COC(=O)CN2CCCC2=O)c(=O)n(C)c1=O. The number of nitrogens with two attached hydrogens (primary N) is 1. The van der Waals surface area contributed by atoms with E-state index in [2.05, 4.69) is 0 Å². The lowest BCUT2D eigenvalue weighted by atomic mass is 10.2. The maximum Gasteiger partial charge on any atom is 0.332 e. The summed E-state index contributed by atoms with van der Waals surface area (Å²) in [5.74, 6) is -2.00. The first-order valence-electron chi connectivity index (χ1n) is 7.26. The van der Waals surface area contributed by atoms with Gasteiger partial charge in [0.05, 0.1) is 0 Å². The van der Waals surface area contributed by atoms with Gasteiger partial charge in [-0.15, -0.1) is 0 Å². The van der Waals surface area contributed by atoms with Crippen LogP contribution in [0.25, 0.3) is 0 Å². The summed E-state index contributed by atoms with van der Waals surface area (Å²) in [5.41, 5.74) is 3.71. The molecule has 0 saturated carbocycles. The normalized spacial score (nSPS) is 14.1. The van der Waals surface area contributed by atoms with E-state index in [4.69, 9.17) is 10.5 Å². The van der Waals surface area contributed by atoms with Crippen LogP contribution in [0.4, 0.5) is 5.82 Å². The number of rotatable bonds is 5. The Hall–Kier alpha value is -2.91. The smallest absolute Gasteiger partial charge is 0.332 e. The van der Waals surface area contributed by atoms with Gasteiger partial charge in [0.1, 0.15) is 17.9 Å². The number of Topliss-reactive ketones (excluding diaryl/α,β-unsaturated/α-hetero) is 1. The predicted molar refractivity (Wildman–Crippen MR) is 82.4 cm³/mol. The van der Waals surface area contributed by atoms with Gasteiger partial charge in [0, 0.05) is 27.1 Å². The number of amides is 1. The zero-order chi connectivity index (χ0) is 18.0. The molecule has 2 heterocycles. The standard InChI is InChI=1S/C14H18N4O6/c1-16-12(15)11(13(22)17(2)14(16)23)8(19)7-24-10(21)6-18-5-3-4-9(18)20/h3-7,15H2,1-2H3. The lowest BCUT2D eigenvalue weighted by Gasteiger charge is -2.14. The van der Waals surface area contributed by atoms with E-state index in [9.17, 15) is 24.0 Å². The monoisotopic (exact) mass is 338 g/mol. The van der Waals surface area contributed by atoms with E-state index in [1.807, 2.05) is 0 Å². The number of carbonyl (C=O) groups is 3. The Morgan fingerprint density at radius 3 is 2.42 bits per heavy atom.